The third-order valence-electron chi connectivity index (χ3n) is 4.78. The molecule has 13 nitrogen and oxygen atoms in total. The van der Waals surface area contributed by atoms with E-state index in [2.05, 4.69) is 16.0 Å². The fraction of sp³-hybridized carbons (Fsp3) is 0.476. The first kappa shape index (κ1) is 28.3. The molecule has 4 unspecified atom stereocenters. The Morgan fingerprint density at radius 3 is 1.88 bits per heavy atom. The van der Waals surface area contributed by atoms with Gasteiger partial charge in [-0.05, 0) is 23.6 Å². The molecule has 0 radical (unpaired) electrons. The first-order valence-corrected chi connectivity index (χ1v) is 10.4. The van der Waals surface area contributed by atoms with Crippen molar-refractivity contribution >= 4 is 29.7 Å². The largest absolute Gasteiger partial charge is 0.508 e. The number of benzene rings is 1. The van der Waals surface area contributed by atoms with Gasteiger partial charge in [-0.25, -0.2) is 4.79 Å². The molecule has 0 aromatic heterocycles. The van der Waals surface area contributed by atoms with Crippen LogP contribution < -0.4 is 21.7 Å². The second-order valence-electron chi connectivity index (χ2n) is 7.95. The van der Waals surface area contributed by atoms with Crippen LogP contribution in [-0.2, 0) is 30.4 Å². The molecule has 13 heteroatoms. The molecule has 9 N–H and O–H groups in total. The minimum atomic E-state index is -1.63. The highest BCUT2D eigenvalue weighted by molar-refractivity contribution is 5.95. The van der Waals surface area contributed by atoms with Crippen LogP contribution in [0.15, 0.2) is 24.3 Å². The monoisotopic (exact) mass is 482 g/mol. The predicted molar refractivity (Wildman–Crippen MR) is 117 cm³/mol. The number of carbonyl (C=O) groups excluding carboxylic acids is 3. The predicted octanol–water partition coefficient (Wildman–Crippen LogP) is -2.08. The standard InChI is InChI=1S/C21H30N4O9/c1-10(2)17(21(33)34)25-20(32)14(7-11-3-5-12(27)6-4-11)24-19(31)15(8-16(28)29)23-18(30)13(22)9-26/h3-6,10,13-15,17,26-27H,7-9,22H2,1-2H3,(H,23,30)(H,24,31)(H,25,32)(H,28,29)(H,33,34). The molecule has 0 saturated heterocycles. The SMILES string of the molecule is CC(C)C(NC(=O)C(Cc1ccc(O)cc1)NC(=O)C(CC(=O)O)NC(=O)C(N)CO)C(=O)O. The van der Waals surface area contributed by atoms with E-state index in [1.54, 1.807) is 13.8 Å². The molecule has 0 fully saturated rings. The third kappa shape index (κ3) is 9.03. The molecule has 1 aromatic rings. The van der Waals surface area contributed by atoms with Crippen LogP contribution in [0.4, 0.5) is 0 Å². The second-order valence-corrected chi connectivity index (χ2v) is 7.95. The molecule has 1 rings (SSSR count). The van der Waals surface area contributed by atoms with Crippen molar-refractivity contribution in [2.75, 3.05) is 6.61 Å². The number of nitrogens with one attached hydrogen (secondary N) is 3. The van der Waals surface area contributed by atoms with Crippen molar-refractivity contribution in [1.82, 2.24) is 16.0 Å². The van der Waals surface area contributed by atoms with Gasteiger partial charge in [-0.1, -0.05) is 26.0 Å². The topological polar surface area (TPSA) is 228 Å². The minimum absolute atomic E-state index is 0.0380. The molecule has 3 amide bonds. The number of amides is 3. The number of carboxylic acids is 2. The molecule has 4 atom stereocenters. The summed E-state index contributed by atoms with van der Waals surface area (Å²) in [5, 5.41) is 43.7. The Morgan fingerprint density at radius 1 is 0.882 bits per heavy atom. The van der Waals surface area contributed by atoms with Crippen LogP contribution in [0.3, 0.4) is 0 Å². The van der Waals surface area contributed by atoms with Crippen LogP contribution in [0.25, 0.3) is 0 Å². The first-order valence-electron chi connectivity index (χ1n) is 10.4. The van der Waals surface area contributed by atoms with Gasteiger partial charge in [0.1, 0.15) is 29.9 Å². The number of phenols is 1. The Labute approximate surface area is 195 Å². The van der Waals surface area contributed by atoms with Crippen LogP contribution in [0.5, 0.6) is 5.75 Å². The molecular formula is C21H30N4O9. The fourth-order valence-electron chi connectivity index (χ4n) is 2.86. The quantitative estimate of drug-likeness (QED) is 0.153. The van der Waals surface area contributed by atoms with Gasteiger partial charge in [-0.15, -0.1) is 0 Å². The summed E-state index contributed by atoms with van der Waals surface area (Å²) in [6, 6.07) is 0.0288. The summed E-state index contributed by atoms with van der Waals surface area (Å²) in [5.41, 5.74) is 5.89. The molecule has 34 heavy (non-hydrogen) atoms. The van der Waals surface area contributed by atoms with Crippen LogP contribution in [-0.4, -0.2) is 80.9 Å². The maximum Gasteiger partial charge on any atom is 0.326 e. The highest BCUT2D eigenvalue weighted by Gasteiger charge is 2.32. The van der Waals surface area contributed by atoms with Gasteiger partial charge in [-0.2, -0.15) is 0 Å². The van der Waals surface area contributed by atoms with E-state index in [1.807, 2.05) is 0 Å². The molecular weight excluding hydrogens is 452 g/mol. The number of aromatic hydroxyl groups is 1. The van der Waals surface area contributed by atoms with E-state index in [0.29, 0.717) is 5.56 Å². The molecule has 0 saturated carbocycles. The van der Waals surface area contributed by atoms with E-state index >= 15 is 0 Å². The summed E-state index contributed by atoms with van der Waals surface area (Å²) < 4.78 is 0. The maximum atomic E-state index is 12.9. The number of aliphatic carboxylic acids is 2. The number of aliphatic hydroxyl groups excluding tert-OH is 1. The van der Waals surface area contributed by atoms with Crippen molar-refractivity contribution in [2.24, 2.45) is 11.7 Å². The van der Waals surface area contributed by atoms with Crippen LogP contribution >= 0.6 is 0 Å². The van der Waals surface area contributed by atoms with Crippen molar-refractivity contribution < 1.29 is 44.4 Å². The molecule has 0 heterocycles. The lowest BCUT2D eigenvalue weighted by molar-refractivity contribution is -0.144. The van der Waals surface area contributed by atoms with E-state index in [0.717, 1.165) is 0 Å². The van der Waals surface area contributed by atoms with Gasteiger partial charge in [0, 0.05) is 6.42 Å². The van der Waals surface area contributed by atoms with Crippen LogP contribution in [0.1, 0.15) is 25.8 Å². The highest BCUT2D eigenvalue weighted by atomic mass is 16.4. The zero-order valence-electron chi connectivity index (χ0n) is 18.7. The molecule has 188 valence electrons. The number of aliphatic hydroxyl groups is 1. The van der Waals surface area contributed by atoms with Gasteiger partial charge in [0.05, 0.1) is 13.0 Å². The third-order valence-corrected chi connectivity index (χ3v) is 4.78. The second kappa shape index (κ2) is 13.1. The summed E-state index contributed by atoms with van der Waals surface area (Å²) in [6.45, 7) is 2.41. The van der Waals surface area contributed by atoms with Gasteiger partial charge < -0.3 is 42.1 Å². The zero-order chi connectivity index (χ0) is 26.0. The zero-order valence-corrected chi connectivity index (χ0v) is 18.7. The van der Waals surface area contributed by atoms with Crippen molar-refractivity contribution in [3.8, 4) is 5.75 Å². The Hall–Kier alpha value is -3.71. The average Bonchev–Trinajstić information content (AvgIpc) is 2.76. The van der Waals surface area contributed by atoms with Crippen molar-refractivity contribution in [1.29, 1.82) is 0 Å². The van der Waals surface area contributed by atoms with E-state index in [9.17, 15) is 34.2 Å². The summed E-state index contributed by atoms with van der Waals surface area (Å²) in [7, 11) is 0. The van der Waals surface area contributed by atoms with Crippen molar-refractivity contribution in [2.45, 2.75) is 50.9 Å². The van der Waals surface area contributed by atoms with E-state index in [4.69, 9.17) is 15.9 Å². The van der Waals surface area contributed by atoms with Gasteiger partial charge in [-0.3, -0.25) is 19.2 Å². The summed E-state index contributed by atoms with van der Waals surface area (Å²) >= 11 is 0. The van der Waals surface area contributed by atoms with Gasteiger partial charge in [0.25, 0.3) is 0 Å². The van der Waals surface area contributed by atoms with Gasteiger partial charge in [0.2, 0.25) is 17.7 Å². The number of carbonyl (C=O) groups is 5. The molecule has 0 aliphatic carbocycles. The molecule has 0 spiro atoms. The van der Waals surface area contributed by atoms with Crippen molar-refractivity contribution in [3.05, 3.63) is 29.8 Å². The number of phenolic OH excluding ortho intramolecular Hbond substituents is 1. The smallest absolute Gasteiger partial charge is 0.326 e. The number of hydrogen-bond donors (Lipinski definition) is 8. The Kier molecular flexibility index (Phi) is 10.9. The fourth-order valence-corrected chi connectivity index (χ4v) is 2.86. The van der Waals surface area contributed by atoms with E-state index < -0.39 is 72.8 Å². The molecule has 0 aliphatic heterocycles. The van der Waals surface area contributed by atoms with E-state index in [1.165, 1.54) is 24.3 Å². The number of nitrogens with two attached hydrogens (primary N) is 1. The summed E-state index contributed by atoms with van der Waals surface area (Å²) in [6.07, 6.45) is -0.973. The van der Waals surface area contributed by atoms with Gasteiger partial charge in [0.15, 0.2) is 0 Å². The normalized spacial score (nSPS) is 14.4. The average molecular weight is 482 g/mol. The number of hydrogen-bond acceptors (Lipinski definition) is 8. The Balaban J connectivity index is 3.16. The summed E-state index contributed by atoms with van der Waals surface area (Å²) in [5.74, 6) is -6.09. The molecule has 1 aromatic carbocycles. The van der Waals surface area contributed by atoms with Crippen LogP contribution in [0.2, 0.25) is 0 Å². The first-order chi connectivity index (χ1) is 15.8. The van der Waals surface area contributed by atoms with Crippen molar-refractivity contribution in [3.63, 3.8) is 0 Å². The Morgan fingerprint density at radius 2 is 1.41 bits per heavy atom. The maximum absolute atomic E-state index is 12.9. The number of carboxylic acid groups (broad SMARTS) is 2. The van der Waals surface area contributed by atoms with Crippen LogP contribution in [0, 0.1) is 5.92 Å². The lowest BCUT2D eigenvalue weighted by Crippen LogP contribution is -2.58. The lowest BCUT2D eigenvalue weighted by Gasteiger charge is -2.25. The Bertz CT molecular complexity index is 889. The van der Waals surface area contributed by atoms with Gasteiger partial charge >= 0.3 is 11.9 Å². The number of rotatable bonds is 13. The minimum Gasteiger partial charge on any atom is -0.508 e. The molecule has 0 bridgehead atoms. The molecule has 0 aliphatic rings. The highest BCUT2D eigenvalue weighted by Crippen LogP contribution is 2.12. The lowest BCUT2D eigenvalue weighted by atomic mass is 10.0. The van der Waals surface area contributed by atoms with E-state index in [-0.39, 0.29) is 12.2 Å². The summed E-state index contributed by atoms with van der Waals surface area (Å²) in [4.78, 5) is 60.4.